The van der Waals surface area contributed by atoms with E-state index in [1.807, 2.05) is 53.2 Å². The molecule has 0 aliphatic heterocycles. The summed E-state index contributed by atoms with van der Waals surface area (Å²) in [6, 6.07) is 17.5. The van der Waals surface area contributed by atoms with E-state index in [1.54, 1.807) is 18.3 Å². The fraction of sp³-hybridized carbons (Fsp3) is 0.292. The molecule has 0 saturated heterocycles. The lowest BCUT2D eigenvalue weighted by Gasteiger charge is -2.12. The monoisotopic (exact) mass is 434 g/mol. The molecule has 6 nitrogen and oxygen atoms in total. The number of nitrogens with one attached hydrogen (secondary N) is 2. The Bertz CT molecular complexity index is 1010. The Kier molecular flexibility index (Phi) is 7.04. The van der Waals surface area contributed by atoms with Gasteiger partial charge in [-0.25, -0.2) is 4.98 Å². The van der Waals surface area contributed by atoms with E-state index < -0.39 is 0 Å². The number of carbonyl (C=O) groups excluding carboxylic acids is 2. The molecule has 31 heavy (non-hydrogen) atoms. The van der Waals surface area contributed by atoms with E-state index in [4.69, 9.17) is 0 Å². The second-order valence-corrected chi connectivity index (χ2v) is 8.58. The summed E-state index contributed by atoms with van der Waals surface area (Å²) in [6.45, 7) is 0.493. The van der Waals surface area contributed by atoms with Crippen LogP contribution in [0, 0.1) is 0 Å². The summed E-state index contributed by atoms with van der Waals surface area (Å²) >= 11 is 1.42. The standard InChI is InChI=1S/C24H26N4O2S/c29-22(27-20-8-4-5-9-20)17-31-24-25-14-15-28(24)21-12-10-19(11-13-21)23(30)26-16-18-6-2-1-3-7-18/h1-3,6-7,10-15,20H,4-5,8-9,16-17H2,(H,26,30)(H,27,29). The van der Waals surface area contributed by atoms with Gasteiger partial charge in [-0.1, -0.05) is 54.9 Å². The summed E-state index contributed by atoms with van der Waals surface area (Å²) < 4.78 is 1.93. The molecule has 1 saturated carbocycles. The van der Waals surface area contributed by atoms with Crippen LogP contribution in [0.3, 0.4) is 0 Å². The van der Waals surface area contributed by atoms with Crippen molar-refractivity contribution in [2.24, 2.45) is 0 Å². The summed E-state index contributed by atoms with van der Waals surface area (Å²) in [4.78, 5) is 29.0. The first-order chi connectivity index (χ1) is 15.2. The van der Waals surface area contributed by atoms with Gasteiger partial charge in [0.25, 0.3) is 5.91 Å². The molecular formula is C24H26N4O2S. The largest absolute Gasteiger partial charge is 0.353 e. The van der Waals surface area contributed by atoms with Crippen LogP contribution in [0.5, 0.6) is 0 Å². The van der Waals surface area contributed by atoms with Crippen LogP contribution in [0.2, 0.25) is 0 Å². The van der Waals surface area contributed by atoms with Crippen LogP contribution in [0.1, 0.15) is 41.6 Å². The molecular weight excluding hydrogens is 408 g/mol. The Morgan fingerprint density at radius 2 is 1.77 bits per heavy atom. The molecule has 1 aliphatic rings. The van der Waals surface area contributed by atoms with E-state index in [-0.39, 0.29) is 11.8 Å². The van der Waals surface area contributed by atoms with Gasteiger partial charge in [-0.15, -0.1) is 0 Å². The van der Waals surface area contributed by atoms with Crippen molar-refractivity contribution in [1.82, 2.24) is 20.2 Å². The van der Waals surface area contributed by atoms with Crippen molar-refractivity contribution >= 4 is 23.6 Å². The van der Waals surface area contributed by atoms with Crippen molar-refractivity contribution in [2.45, 2.75) is 43.4 Å². The van der Waals surface area contributed by atoms with E-state index in [9.17, 15) is 9.59 Å². The SMILES string of the molecule is O=C(CSc1nccn1-c1ccc(C(=O)NCc2ccccc2)cc1)NC1CCCC1. The molecule has 1 aromatic heterocycles. The van der Waals surface area contributed by atoms with Crippen LogP contribution in [0.4, 0.5) is 0 Å². The molecule has 2 amide bonds. The number of thioether (sulfide) groups is 1. The van der Waals surface area contributed by atoms with Crippen LogP contribution in [-0.2, 0) is 11.3 Å². The van der Waals surface area contributed by atoms with Gasteiger partial charge in [0.1, 0.15) is 0 Å². The van der Waals surface area contributed by atoms with Crippen molar-refractivity contribution in [3.63, 3.8) is 0 Å². The van der Waals surface area contributed by atoms with Crippen LogP contribution < -0.4 is 10.6 Å². The Balaban J connectivity index is 1.33. The Morgan fingerprint density at radius 3 is 2.52 bits per heavy atom. The van der Waals surface area contributed by atoms with Gasteiger partial charge in [-0.2, -0.15) is 0 Å². The highest BCUT2D eigenvalue weighted by Gasteiger charge is 2.17. The van der Waals surface area contributed by atoms with E-state index in [0.29, 0.717) is 23.9 Å². The maximum atomic E-state index is 12.4. The molecule has 1 fully saturated rings. The third-order valence-electron chi connectivity index (χ3n) is 5.36. The van der Waals surface area contributed by atoms with Crippen molar-refractivity contribution < 1.29 is 9.59 Å². The van der Waals surface area contributed by atoms with Crippen molar-refractivity contribution in [1.29, 1.82) is 0 Å². The molecule has 0 spiro atoms. The first kappa shape index (κ1) is 21.2. The summed E-state index contributed by atoms with van der Waals surface area (Å²) in [5, 5.41) is 6.79. The zero-order valence-corrected chi connectivity index (χ0v) is 18.1. The van der Waals surface area contributed by atoms with Crippen molar-refractivity contribution in [2.75, 3.05) is 5.75 Å². The predicted octanol–water partition coefficient (Wildman–Crippen LogP) is 3.95. The molecule has 2 N–H and O–H groups in total. The number of aromatic nitrogens is 2. The van der Waals surface area contributed by atoms with Gasteiger partial charge >= 0.3 is 0 Å². The minimum absolute atomic E-state index is 0.0527. The smallest absolute Gasteiger partial charge is 0.251 e. The Hall–Kier alpha value is -3.06. The fourth-order valence-corrected chi connectivity index (χ4v) is 4.50. The molecule has 4 rings (SSSR count). The number of amides is 2. The molecule has 0 unspecified atom stereocenters. The fourth-order valence-electron chi connectivity index (χ4n) is 3.72. The quantitative estimate of drug-likeness (QED) is 0.527. The number of rotatable bonds is 8. The lowest BCUT2D eigenvalue weighted by molar-refractivity contribution is -0.119. The van der Waals surface area contributed by atoms with Gasteiger partial charge in [0, 0.05) is 36.2 Å². The molecule has 160 valence electrons. The molecule has 1 heterocycles. The second-order valence-electron chi connectivity index (χ2n) is 7.63. The highest BCUT2D eigenvalue weighted by Crippen LogP contribution is 2.22. The van der Waals surface area contributed by atoms with Crippen LogP contribution >= 0.6 is 11.8 Å². The van der Waals surface area contributed by atoms with Crippen molar-refractivity contribution in [3.05, 3.63) is 78.1 Å². The summed E-state index contributed by atoms with van der Waals surface area (Å²) in [5.74, 6) is 0.282. The van der Waals surface area contributed by atoms with Gasteiger partial charge in [0.05, 0.1) is 5.75 Å². The molecule has 1 aliphatic carbocycles. The van der Waals surface area contributed by atoms with Crippen molar-refractivity contribution in [3.8, 4) is 5.69 Å². The maximum Gasteiger partial charge on any atom is 0.251 e. The van der Waals surface area contributed by atoms with Gasteiger partial charge in [-0.3, -0.25) is 14.2 Å². The molecule has 7 heteroatoms. The molecule has 0 radical (unpaired) electrons. The topological polar surface area (TPSA) is 76.0 Å². The highest BCUT2D eigenvalue weighted by molar-refractivity contribution is 7.99. The third kappa shape index (κ3) is 5.76. The maximum absolute atomic E-state index is 12.4. The number of benzene rings is 2. The number of hydrogen-bond acceptors (Lipinski definition) is 4. The number of hydrogen-bond donors (Lipinski definition) is 2. The van der Waals surface area contributed by atoms with Crippen LogP contribution in [0.15, 0.2) is 72.1 Å². The summed E-state index contributed by atoms with van der Waals surface area (Å²) in [7, 11) is 0. The third-order valence-corrected chi connectivity index (χ3v) is 6.33. The number of imidazole rings is 1. The molecule has 2 aromatic carbocycles. The minimum atomic E-state index is -0.112. The normalized spacial score (nSPS) is 13.8. The van der Waals surface area contributed by atoms with E-state index in [0.717, 1.165) is 29.2 Å². The molecule has 0 bridgehead atoms. The predicted molar refractivity (Wildman–Crippen MR) is 122 cm³/mol. The van der Waals surface area contributed by atoms with E-state index in [2.05, 4.69) is 15.6 Å². The molecule has 0 atom stereocenters. The van der Waals surface area contributed by atoms with Gasteiger partial charge < -0.3 is 10.6 Å². The average molecular weight is 435 g/mol. The number of carbonyl (C=O) groups is 2. The lowest BCUT2D eigenvalue weighted by atomic mass is 10.1. The summed E-state index contributed by atoms with van der Waals surface area (Å²) in [5.41, 5.74) is 2.56. The van der Waals surface area contributed by atoms with Gasteiger partial charge in [-0.05, 0) is 42.7 Å². The minimum Gasteiger partial charge on any atom is -0.353 e. The average Bonchev–Trinajstić information content (AvgIpc) is 3.49. The molecule has 3 aromatic rings. The van der Waals surface area contributed by atoms with E-state index in [1.165, 1.54) is 24.6 Å². The van der Waals surface area contributed by atoms with Gasteiger partial charge in [0.2, 0.25) is 5.91 Å². The van der Waals surface area contributed by atoms with Gasteiger partial charge in [0.15, 0.2) is 5.16 Å². The number of nitrogens with zero attached hydrogens (tertiary/aromatic N) is 2. The Labute approximate surface area is 186 Å². The highest BCUT2D eigenvalue weighted by atomic mass is 32.2. The second kappa shape index (κ2) is 10.3. The zero-order chi connectivity index (χ0) is 21.5. The zero-order valence-electron chi connectivity index (χ0n) is 17.3. The van der Waals surface area contributed by atoms with E-state index >= 15 is 0 Å². The Morgan fingerprint density at radius 1 is 1.03 bits per heavy atom. The lowest BCUT2D eigenvalue weighted by Crippen LogP contribution is -2.33. The first-order valence-corrected chi connectivity index (χ1v) is 11.6. The summed E-state index contributed by atoms with van der Waals surface area (Å²) in [6.07, 6.45) is 8.14. The first-order valence-electron chi connectivity index (χ1n) is 10.6. The van der Waals surface area contributed by atoms with Crippen LogP contribution in [-0.4, -0.2) is 33.2 Å². The van der Waals surface area contributed by atoms with Crippen LogP contribution in [0.25, 0.3) is 5.69 Å².